The molecule has 0 aliphatic carbocycles. The van der Waals surface area contributed by atoms with E-state index in [-0.39, 0.29) is 12.4 Å². The summed E-state index contributed by atoms with van der Waals surface area (Å²) in [5.74, 6) is 0. The lowest BCUT2D eigenvalue weighted by atomic mass is 10.0. The van der Waals surface area contributed by atoms with Crippen molar-refractivity contribution >= 4 is 0 Å². The second-order valence-electron chi connectivity index (χ2n) is 16.2. The van der Waals surface area contributed by atoms with Crippen molar-refractivity contribution < 1.29 is 16.9 Å². The Kier molecular flexibility index (Phi) is 46.0. The Morgan fingerprint density at radius 2 is 0.449 bits per heavy atom. The van der Waals surface area contributed by atoms with E-state index in [2.05, 4.69) is 39.8 Å². The highest BCUT2D eigenvalue weighted by Crippen LogP contribution is 2.21. The molecule has 0 aromatic rings. The fourth-order valence-electron chi connectivity index (χ4n) is 7.91. The number of hydrogen-bond acceptors (Lipinski definition) is 0. The van der Waals surface area contributed by atoms with Gasteiger partial charge in [-0.05, 0) is 70.6 Å². The maximum Gasteiger partial charge on any atom is 0.0786 e. The zero-order valence-electron chi connectivity index (χ0n) is 35.0. The van der Waals surface area contributed by atoms with Gasteiger partial charge in [-0.1, -0.05) is 207 Å². The summed E-state index contributed by atoms with van der Waals surface area (Å²) >= 11 is 0. The quantitative estimate of drug-likeness (QED) is 0.0336. The van der Waals surface area contributed by atoms with Crippen LogP contribution >= 0.6 is 0 Å². The van der Waals surface area contributed by atoms with E-state index in [1.165, 1.54) is 268 Å². The largest absolute Gasteiger partial charge is 1.00 e. The molecule has 296 valence electrons. The standard InChI is InChI=1S/C47H96N.ClH/c1-5-9-13-16-19-22-24-26-27-28-29-31-34-37-40-43-47-48(44-12-8-4,45-41-38-35-32-21-18-15-11-7-3)46-42-39-36-33-30-25-23-20-17-14-10-6-2;/h26-27H,5-25,28-47H2,1-4H3;1H/q+1;/p-1. The van der Waals surface area contributed by atoms with E-state index in [1.54, 1.807) is 0 Å². The molecule has 0 amide bonds. The van der Waals surface area contributed by atoms with Crippen LogP contribution in [0.3, 0.4) is 0 Å². The van der Waals surface area contributed by atoms with Crippen molar-refractivity contribution in [3.63, 3.8) is 0 Å². The first kappa shape index (κ1) is 51.1. The molecule has 0 radical (unpaired) electrons. The first-order valence-electron chi connectivity index (χ1n) is 23.2. The number of hydrogen-bond donors (Lipinski definition) is 0. The van der Waals surface area contributed by atoms with Crippen molar-refractivity contribution in [3.8, 4) is 0 Å². The summed E-state index contributed by atoms with van der Waals surface area (Å²) in [5.41, 5.74) is 0. The van der Waals surface area contributed by atoms with Crippen molar-refractivity contribution in [3.05, 3.63) is 12.2 Å². The highest BCUT2D eigenvalue weighted by atomic mass is 35.5. The Hall–Kier alpha value is -0.0100. The molecule has 0 spiro atoms. The maximum atomic E-state index is 2.48. The van der Waals surface area contributed by atoms with Gasteiger partial charge >= 0.3 is 0 Å². The topological polar surface area (TPSA) is 0 Å². The Bertz CT molecular complexity index is 603. The van der Waals surface area contributed by atoms with Gasteiger partial charge in [0.05, 0.1) is 26.2 Å². The zero-order valence-corrected chi connectivity index (χ0v) is 35.7. The van der Waals surface area contributed by atoms with Crippen LogP contribution < -0.4 is 12.4 Å². The number of quaternary nitrogens is 1. The van der Waals surface area contributed by atoms with E-state index < -0.39 is 0 Å². The van der Waals surface area contributed by atoms with Crippen LogP contribution in [-0.4, -0.2) is 30.7 Å². The van der Waals surface area contributed by atoms with E-state index in [9.17, 15) is 0 Å². The third kappa shape index (κ3) is 39.0. The average molecular weight is 711 g/mol. The van der Waals surface area contributed by atoms with Crippen molar-refractivity contribution in [1.82, 2.24) is 0 Å². The lowest BCUT2D eigenvalue weighted by Crippen LogP contribution is -3.00. The van der Waals surface area contributed by atoms with Gasteiger partial charge in [0.1, 0.15) is 0 Å². The Morgan fingerprint density at radius 1 is 0.245 bits per heavy atom. The molecule has 0 aliphatic heterocycles. The van der Waals surface area contributed by atoms with E-state index in [0.29, 0.717) is 0 Å². The monoisotopic (exact) mass is 710 g/mol. The molecular weight excluding hydrogens is 614 g/mol. The zero-order chi connectivity index (χ0) is 34.9. The Labute approximate surface area is 319 Å². The lowest BCUT2D eigenvalue weighted by molar-refractivity contribution is -0.929. The normalized spacial score (nSPS) is 12.9. The van der Waals surface area contributed by atoms with E-state index in [0.717, 1.165) is 0 Å². The number of rotatable bonds is 42. The first-order valence-corrected chi connectivity index (χ1v) is 23.2. The van der Waals surface area contributed by atoms with Crippen LogP contribution in [0.5, 0.6) is 0 Å². The SMILES string of the molecule is CCCCCCCCC=CCCCCCCCC[N+](CCCC)(CCCCCCCCCCC)CCCCCCCCCCCCCC.[Cl-]. The minimum Gasteiger partial charge on any atom is -1.00 e. The molecule has 0 heterocycles. The second-order valence-corrected chi connectivity index (χ2v) is 16.2. The van der Waals surface area contributed by atoms with E-state index >= 15 is 0 Å². The van der Waals surface area contributed by atoms with Crippen molar-refractivity contribution in [2.45, 2.75) is 265 Å². The summed E-state index contributed by atoms with van der Waals surface area (Å²) in [5, 5.41) is 0. The predicted molar refractivity (Wildman–Crippen MR) is 222 cm³/mol. The van der Waals surface area contributed by atoms with E-state index in [1.807, 2.05) is 0 Å². The molecule has 49 heavy (non-hydrogen) atoms. The summed E-state index contributed by atoms with van der Waals surface area (Å²) in [6, 6.07) is 0. The second kappa shape index (κ2) is 44.2. The summed E-state index contributed by atoms with van der Waals surface area (Å²) in [4.78, 5) is 0. The van der Waals surface area contributed by atoms with Gasteiger partial charge in [-0.3, -0.25) is 0 Å². The van der Waals surface area contributed by atoms with Crippen LogP contribution in [0.15, 0.2) is 12.2 Å². The maximum absolute atomic E-state index is 2.48. The Balaban J connectivity index is 0. The molecule has 0 aromatic heterocycles. The number of unbranched alkanes of at least 4 members (excludes halogenated alkanes) is 32. The molecule has 1 atom stereocenters. The molecule has 0 saturated heterocycles. The third-order valence-corrected chi connectivity index (χ3v) is 11.4. The fourth-order valence-corrected chi connectivity index (χ4v) is 7.91. The highest BCUT2D eigenvalue weighted by Gasteiger charge is 2.25. The van der Waals surface area contributed by atoms with Crippen LogP contribution in [0, 0.1) is 0 Å². The molecule has 0 fully saturated rings. The van der Waals surface area contributed by atoms with E-state index in [4.69, 9.17) is 0 Å². The highest BCUT2D eigenvalue weighted by molar-refractivity contribution is 4.81. The lowest BCUT2D eigenvalue weighted by Gasteiger charge is -2.39. The van der Waals surface area contributed by atoms with Crippen molar-refractivity contribution in [2.24, 2.45) is 0 Å². The van der Waals surface area contributed by atoms with Gasteiger partial charge < -0.3 is 16.9 Å². The van der Waals surface area contributed by atoms with Gasteiger partial charge in [-0.15, -0.1) is 0 Å². The number of nitrogens with zero attached hydrogens (tertiary/aromatic N) is 1. The van der Waals surface area contributed by atoms with Gasteiger partial charge in [-0.25, -0.2) is 0 Å². The predicted octanol–water partition coefficient (Wildman–Crippen LogP) is 13.9. The van der Waals surface area contributed by atoms with Crippen LogP contribution in [0.2, 0.25) is 0 Å². The van der Waals surface area contributed by atoms with Crippen molar-refractivity contribution in [1.29, 1.82) is 0 Å². The van der Waals surface area contributed by atoms with Crippen LogP contribution in [-0.2, 0) is 0 Å². The molecular formula is C47H96ClN. The molecule has 0 saturated carbocycles. The van der Waals surface area contributed by atoms with Crippen molar-refractivity contribution in [2.75, 3.05) is 26.2 Å². The van der Waals surface area contributed by atoms with Gasteiger partial charge in [0.2, 0.25) is 0 Å². The summed E-state index contributed by atoms with van der Waals surface area (Å²) in [6.45, 7) is 15.2. The molecule has 1 unspecified atom stereocenters. The molecule has 0 aliphatic rings. The summed E-state index contributed by atoms with van der Waals surface area (Å²) in [6.07, 6.45) is 58.3. The average Bonchev–Trinajstić information content (AvgIpc) is 3.10. The summed E-state index contributed by atoms with van der Waals surface area (Å²) in [7, 11) is 0. The molecule has 2 heteroatoms. The molecule has 0 N–H and O–H groups in total. The van der Waals surface area contributed by atoms with Crippen LogP contribution in [0.4, 0.5) is 0 Å². The van der Waals surface area contributed by atoms with Gasteiger partial charge in [0.25, 0.3) is 0 Å². The van der Waals surface area contributed by atoms with Crippen LogP contribution in [0.1, 0.15) is 265 Å². The Morgan fingerprint density at radius 3 is 0.714 bits per heavy atom. The van der Waals surface area contributed by atoms with Gasteiger partial charge in [0, 0.05) is 0 Å². The minimum absolute atomic E-state index is 0. The first-order chi connectivity index (χ1) is 23.7. The molecule has 1 nitrogen and oxygen atoms in total. The number of allylic oxidation sites excluding steroid dienone is 2. The fraction of sp³-hybridized carbons (Fsp3) is 0.957. The van der Waals surface area contributed by atoms with Crippen LogP contribution in [0.25, 0.3) is 0 Å². The number of halogens is 1. The molecule has 0 bridgehead atoms. The molecule has 0 rings (SSSR count). The summed E-state index contributed by atoms with van der Waals surface area (Å²) < 4.78 is 1.46. The molecule has 0 aromatic carbocycles. The van der Waals surface area contributed by atoms with Gasteiger partial charge in [0.15, 0.2) is 0 Å². The third-order valence-electron chi connectivity index (χ3n) is 11.4. The smallest absolute Gasteiger partial charge is 0.0786 e. The van der Waals surface area contributed by atoms with Gasteiger partial charge in [-0.2, -0.15) is 0 Å². The minimum atomic E-state index is 0.